The second kappa shape index (κ2) is 5.98. The lowest BCUT2D eigenvalue weighted by molar-refractivity contribution is -0.0668. The number of rotatable bonds is 2. The molecule has 1 N–H and O–H groups in total. The van der Waals surface area contributed by atoms with Crippen LogP contribution in [0.25, 0.3) is 0 Å². The fraction of sp³-hybridized carbons (Fsp3) is 0.462. The highest BCUT2D eigenvalue weighted by atomic mass is 79.9. The summed E-state index contributed by atoms with van der Waals surface area (Å²) in [6, 6.07) is 4.48. The molecular weight excluding hydrogens is 317 g/mol. The van der Waals surface area contributed by atoms with Crippen molar-refractivity contribution in [2.45, 2.75) is 19.1 Å². The van der Waals surface area contributed by atoms with Gasteiger partial charge in [-0.3, -0.25) is 4.79 Å². The largest absolute Gasteiger partial charge is 0.394 e. The Balaban J connectivity index is 2.24. The first-order chi connectivity index (χ1) is 9.04. The fourth-order valence-electron chi connectivity index (χ4n) is 2.03. The SMILES string of the molecule is CC1COC(CO)CN1C(=O)c1cccc(Br)c1F. The quantitative estimate of drug-likeness (QED) is 0.899. The second-order valence-electron chi connectivity index (χ2n) is 4.55. The van der Waals surface area contributed by atoms with Crippen LogP contribution < -0.4 is 0 Å². The molecule has 2 rings (SSSR count). The molecule has 0 saturated carbocycles. The summed E-state index contributed by atoms with van der Waals surface area (Å²) in [5.74, 6) is -0.945. The zero-order chi connectivity index (χ0) is 14.0. The highest BCUT2D eigenvalue weighted by Gasteiger charge is 2.31. The molecule has 1 aromatic rings. The molecule has 1 amide bonds. The number of ether oxygens (including phenoxy) is 1. The Morgan fingerprint density at radius 2 is 2.37 bits per heavy atom. The molecule has 4 nitrogen and oxygen atoms in total. The van der Waals surface area contributed by atoms with Gasteiger partial charge in [0.15, 0.2) is 0 Å². The number of hydrogen-bond donors (Lipinski definition) is 1. The molecule has 2 atom stereocenters. The fourth-order valence-corrected chi connectivity index (χ4v) is 2.40. The maximum absolute atomic E-state index is 13.9. The van der Waals surface area contributed by atoms with E-state index in [9.17, 15) is 9.18 Å². The number of nitrogens with zero attached hydrogens (tertiary/aromatic N) is 1. The molecule has 19 heavy (non-hydrogen) atoms. The minimum absolute atomic E-state index is 0.0276. The van der Waals surface area contributed by atoms with E-state index in [4.69, 9.17) is 9.84 Å². The topological polar surface area (TPSA) is 49.8 Å². The van der Waals surface area contributed by atoms with Crippen molar-refractivity contribution in [2.24, 2.45) is 0 Å². The monoisotopic (exact) mass is 331 g/mol. The average Bonchev–Trinajstić information content (AvgIpc) is 2.42. The molecule has 1 fully saturated rings. The Morgan fingerprint density at radius 3 is 3.05 bits per heavy atom. The summed E-state index contributed by atoms with van der Waals surface area (Å²) in [4.78, 5) is 13.9. The predicted octanol–water partition coefficient (Wildman–Crippen LogP) is 1.81. The number of halogens is 2. The van der Waals surface area contributed by atoms with Crippen LogP contribution in [0, 0.1) is 5.82 Å². The van der Waals surface area contributed by atoms with Gasteiger partial charge in [0, 0.05) is 6.54 Å². The number of carbonyl (C=O) groups is 1. The number of aliphatic hydroxyl groups is 1. The van der Waals surface area contributed by atoms with E-state index in [1.807, 2.05) is 6.92 Å². The lowest BCUT2D eigenvalue weighted by Gasteiger charge is -2.37. The lowest BCUT2D eigenvalue weighted by Crippen LogP contribution is -2.52. The second-order valence-corrected chi connectivity index (χ2v) is 5.40. The Morgan fingerprint density at radius 1 is 1.63 bits per heavy atom. The maximum atomic E-state index is 13.9. The molecule has 0 aliphatic carbocycles. The summed E-state index contributed by atoms with van der Waals surface area (Å²) in [6.07, 6.45) is -0.407. The maximum Gasteiger partial charge on any atom is 0.257 e. The molecule has 1 aromatic carbocycles. The van der Waals surface area contributed by atoms with E-state index in [1.54, 1.807) is 12.1 Å². The Kier molecular flexibility index (Phi) is 4.54. The van der Waals surface area contributed by atoms with E-state index in [1.165, 1.54) is 11.0 Å². The predicted molar refractivity (Wildman–Crippen MR) is 71.4 cm³/mol. The Labute approximate surface area is 119 Å². The molecule has 2 unspecified atom stereocenters. The van der Waals surface area contributed by atoms with Crippen molar-refractivity contribution in [1.82, 2.24) is 4.90 Å². The van der Waals surface area contributed by atoms with Gasteiger partial charge >= 0.3 is 0 Å². The van der Waals surface area contributed by atoms with Crippen molar-refractivity contribution in [3.63, 3.8) is 0 Å². The molecule has 1 saturated heterocycles. The van der Waals surface area contributed by atoms with Crippen molar-refractivity contribution < 1.29 is 19.0 Å². The number of benzene rings is 1. The first kappa shape index (κ1) is 14.4. The zero-order valence-corrected chi connectivity index (χ0v) is 12.1. The summed E-state index contributed by atoms with van der Waals surface area (Å²) in [5.41, 5.74) is 0.0276. The Hall–Kier alpha value is -0.980. The van der Waals surface area contributed by atoms with Crippen LogP contribution in [0.2, 0.25) is 0 Å². The van der Waals surface area contributed by atoms with Gasteiger partial charge in [-0.2, -0.15) is 0 Å². The third-order valence-electron chi connectivity index (χ3n) is 3.15. The first-order valence-electron chi connectivity index (χ1n) is 6.02. The smallest absolute Gasteiger partial charge is 0.257 e. The third-order valence-corrected chi connectivity index (χ3v) is 3.76. The molecule has 0 aromatic heterocycles. The molecule has 6 heteroatoms. The highest BCUT2D eigenvalue weighted by molar-refractivity contribution is 9.10. The van der Waals surface area contributed by atoms with Crippen molar-refractivity contribution in [3.8, 4) is 0 Å². The van der Waals surface area contributed by atoms with E-state index < -0.39 is 11.9 Å². The van der Waals surface area contributed by atoms with E-state index >= 15 is 0 Å². The summed E-state index contributed by atoms with van der Waals surface area (Å²) in [7, 11) is 0. The van der Waals surface area contributed by atoms with Crippen molar-refractivity contribution in [2.75, 3.05) is 19.8 Å². The van der Waals surface area contributed by atoms with E-state index in [0.717, 1.165) is 0 Å². The summed E-state index contributed by atoms with van der Waals surface area (Å²) in [5, 5.41) is 9.10. The summed E-state index contributed by atoms with van der Waals surface area (Å²) >= 11 is 3.07. The van der Waals surface area contributed by atoms with Gasteiger partial charge in [-0.25, -0.2) is 4.39 Å². The molecule has 1 aliphatic rings. The van der Waals surface area contributed by atoms with Crippen molar-refractivity contribution in [1.29, 1.82) is 0 Å². The van der Waals surface area contributed by atoms with Gasteiger partial charge in [0.25, 0.3) is 5.91 Å². The third kappa shape index (κ3) is 2.96. The van der Waals surface area contributed by atoms with Gasteiger partial charge in [0.2, 0.25) is 0 Å². The van der Waals surface area contributed by atoms with Gasteiger partial charge in [-0.05, 0) is 35.0 Å². The Bertz CT molecular complexity index is 483. The van der Waals surface area contributed by atoms with E-state index in [2.05, 4.69) is 15.9 Å². The van der Waals surface area contributed by atoms with Crippen LogP contribution in [0.3, 0.4) is 0 Å². The number of aliphatic hydroxyl groups excluding tert-OH is 1. The van der Waals surface area contributed by atoms with Gasteiger partial charge in [0.1, 0.15) is 5.82 Å². The highest BCUT2D eigenvalue weighted by Crippen LogP contribution is 2.22. The summed E-state index contributed by atoms with van der Waals surface area (Å²) in [6.45, 7) is 2.29. The van der Waals surface area contributed by atoms with Crippen LogP contribution in [0.4, 0.5) is 4.39 Å². The number of amides is 1. The van der Waals surface area contributed by atoms with Gasteiger partial charge in [0.05, 0.1) is 35.4 Å². The van der Waals surface area contributed by atoms with Gasteiger partial charge in [-0.15, -0.1) is 0 Å². The lowest BCUT2D eigenvalue weighted by atomic mass is 10.1. The van der Waals surface area contributed by atoms with Gasteiger partial charge in [-0.1, -0.05) is 6.07 Å². The standard InChI is InChI=1S/C13H15BrFNO3/c1-8-7-19-9(6-17)5-16(8)13(18)10-3-2-4-11(14)12(10)15/h2-4,8-9,17H,5-7H2,1H3. The number of hydrogen-bond acceptors (Lipinski definition) is 3. The molecule has 0 radical (unpaired) electrons. The molecule has 0 bridgehead atoms. The van der Waals surface area contributed by atoms with Crippen molar-refractivity contribution in [3.05, 3.63) is 34.1 Å². The zero-order valence-electron chi connectivity index (χ0n) is 10.5. The van der Waals surface area contributed by atoms with Crippen LogP contribution in [0.1, 0.15) is 17.3 Å². The van der Waals surface area contributed by atoms with Gasteiger partial charge < -0.3 is 14.7 Å². The van der Waals surface area contributed by atoms with Crippen molar-refractivity contribution >= 4 is 21.8 Å². The molecule has 1 heterocycles. The van der Waals surface area contributed by atoms with E-state index in [-0.39, 0.29) is 35.1 Å². The molecule has 104 valence electrons. The van der Waals surface area contributed by atoms with Crippen LogP contribution in [-0.2, 0) is 4.74 Å². The number of morpholine rings is 1. The molecule has 1 aliphatic heterocycles. The summed E-state index contributed by atoms with van der Waals surface area (Å²) < 4.78 is 19.6. The molecular formula is C13H15BrFNO3. The minimum atomic E-state index is -0.563. The van der Waals surface area contributed by atoms with Crippen LogP contribution in [0.5, 0.6) is 0 Å². The van der Waals surface area contributed by atoms with Crippen LogP contribution >= 0.6 is 15.9 Å². The van der Waals surface area contributed by atoms with E-state index in [0.29, 0.717) is 6.61 Å². The van der Waals surface area contributed by atoms with Crippen LogP contribution in [0.15, 0.2) is 22.7 Å². The van der Waals surface area contributed by atoms with Crippen LogP contribution in [-0.4, -0.2) is 47.8 Å². The number of carbonyl (C=O) groups excluding carboxylic acids is 1. The normalized spacial score (nSPS) is 23.5. The first-order valence-corrected chi connectivity index (χ1v) is 6.81. The average molecular weight is 332 g/mol. The minimum Gasteiger partial charge on any atom is -0.394 e. The molecule has 0 spiro atoms.